The van der Waals surface area contributed by atoms with Gasteiger partial charge in [0.15, 0.2) is 0 Å². The summed E-state index contributed by atoms with van der Waals surface area (Å²) >= 11 is 0. The van der Waals surface area contributed by atoms with E-state index in [0.29, 0.717) is 24.8 Å². The van der Waals surface area contributed by atoms with Gasteiger partial charge in [-0.15, -0.1) is 10.2 Å². The van der Waals surface area contributed by atoms with Crippen molar-refractivity contribution in [2.75, 3.05) is 27.3 Å². The van der Waals surface area contributed by atoms with Crippen molar-refractivity contribution < 1.29 is 19.0 Å². The molecule has 0 bridgehead atoms. The van der Waals surface area contributed by atoms with Crippen molar-refractivity contribution in [2.24, 2.45) is 0 Å². The van der Waals surface area contributed by atoms with E-state index in [1.807, 2.05) is 20.8 Å². The van der Waals surface area contributed by atoms with E-state index in [0.717, 1.165) is 5.56 Å². The summed E-state index contributed by atoms with van der Waals surface area (Å²) in [6.45, 7) is 6.69. The lowest BCUT2D eigenvalue weighted by Gasteiger charge is -2.40. The molecule has 0 radical (unpaired) electrons. The Morgan fingerprint density at radius 1 is 1.24 bits per heavy atom. The molecule has 1 saturated heterocycles. The maximum Gasteiger partial charge on any atom is 0.410 e. The Hall–Kier alpha value is -2.05. The Morgan fingerprint density at radius 3 is 2.43 bits per heavy atom. The van der Waals surface area contributed by atoms with Crippen molar-refractivity contribution >= 4 is 6.09 Å². The first-order chi connectivity index (χ1) is 9.84. The molecule has 1 aliphatic rings. The summed E-state index contributed by atoms with van der Waals surface area (Å²) in [6, 6.07) is 1.79. The van der Waals surface area contributed by atoms with Gasteiger partial charge in [0.2, 0.25) is 11.8 Å². The zero-order valence-corrected chi connectivity index (χ0v) is 13.0. The minimum Gasteiger partial charge on any atom is -0.480 e. The predicted molar refractivity (Wildman–Crippen MR) is 75.7 cm³/mol. The van der Waals surface area contributed by atoms with Crippen LogP contribution in [0, 0.1) is 0 Å². The largest absolute Gasteiger partial charge is 0.480 e. The van der Waals surface area contributed by atoms with Crippen LogP contribution in [0.15, 0.2) is 6.07 Å². The number of aromatic nitrogens is 2. The number of likely N-dealkylation sites (tertiary alicyclic amines) is 1. The first-order valence-corrected chi connectivity index (χ1v) is 6.77. The van der Waals surface area contributed by atoms with Crippen molar-refractivity contribution in [3.8, 4) is 11.8 Å². The van der Waals surface area contributed by atoms with Crippen molar-refractivity contribution in [1.29, 1.82) is 0 Å². The van der Waals surface area contributed by atoms with E-state index in [1.165, 1.54) is 7.11 Å². The van der Waals surface area contributed by atoms with Crippen molar-refractivity contribution in [3.05, 3.63) is 11.6 Å². The first kappa shape index (κ1) is 15.3. The van der Waals surface area contributed by atoms with Gasteiger partial charge in [-0.1, -0.05) is 0 Å². The third-order valence-electron chi connectivity index (χ3n) is 3.14. The summed E-state index contributed by atoms with van der Waals surface area (Å²) in [5.41, 5.74) is 0.408. The molecule has 116 valence electrons. The second kappa shape index (κ2) is 5.75. The Balaban J connectivity index is 2.02. The number of hydrogen-bond acceptors (Lipinski definition) is 6. The molecule has 1 aliphatic heterocycles. The van der Waals surface area contributed by atoms with E-state index >= 15 is 0 Å². The number of amides is 1. The maximum atomic E-state index is 11.9. The minimum absolute atomic E-state index is 0.150. The molecular weight excluding hydrogens is 274 g/mol. The first-order valence-electron chi connectivity index (χ1n) is 6.77. The summed E-state index contributed by atoms with van der Waals surface area (Å²) in [5.74, 6) is 1.04. The van der Waals surface area contributed by atoms with Crippen LogP contribution in [0.5, 0.6) is 11.8 Å². The molecule has 1 fully saturated rings. The van der Waals surface area contributed by atoms with Crippen LogP contribution in [0.3, 0.4) is 0 Å². The van der Waals surface area contributed by atoms with Crippen LogP contribution in [0.1, 0.15) is 32.3 Å². The lowest BCUT2D eigenvalue weighted by atomic mass is 9.93. The molecule has 2 rings (SSSR count). The van der Waals surface area contributed by atoms with Gasteiger partial charge < -0.3 is 19.1 Å². The number of methoxy groups -OCH3 is 2. The Morgan fingerprint density at radius 2 is 1.90 bits per heavy atom. The van der Waals surface area contributed by atoms with Gasteiger partial charge in [0, 0.05) is 30.6 Å². The number of rotatable bonds is 3. The van der Waals surface area contributed by atoms with E-state index in [9.17, 15) is 4.79 Å². The molecule has 1 amide bonds. The van der Waals surface area contributed by atoms with E-state index < -0.39 is 5.60 Å². The number of carbonyl (C=O) groups is 1. The SMILES string of the molecule is COc1cc(C2CN(C(=O)OC(C)(C)C)C2)c(OC)nn1. The van der Waals surface area contributed by atoms with Gasteiger partial charge in [-0.05, 0) is 20.8 Å². The Kier molecular flexibility index (Phi) is 4.20. The molecule has 1 aromatic rings. The summed E-state index contributed by atoms with van der Waals surface area (Å²) in [5, 5.41) is 7.84. The zero-order chi connectivity index (χ0) is 15.6. The van der Waals surface area contributed by atoms with Gasteiger partial charge in [0.25, 0.3) is 0 Å². The Bertz CT molecular complexity index is 521. The topological polar surface area (TPSA) is 73.8 Å². The molecule has 7 heteroatoms. The predicted octanol–water partition coefficient (Wildman–Crippen LogP) is 1.83. The third kappa shape index (κ3) is 3.53. The molecular formula is C14H21N3O4. The fourth-order valence-corrected chi connectivity index (χ4v) is 2.08. The van der Waals surface area contributed by atoms with Crippen LogP contribution in [-0.4, -0.2) is 54.1 Å². The van der Waals surface area contributed by atoms with Crippen LogP contribution < -0.4 is 9.47 Å². The van der Waals surface area contributed by atoms with Gasteiger partial charge >= 0.3 is 6.09 Å². The maximum absolute atomic E-state index is 11.9. The quantitative estimate of drug-likeness (QED) is 0.847. The molecule has 2 heterocycles. The zero-order valence-electron chi connectivity index (χ0n) is 13.0. The van der Waals surface area contributed by atoms with Crippen LogP contribution in [0.25, 0.3) is 0 Å². The van der Waals surface area contributed by atoms with Gasteiger partial charge in [-0.3, -0.25) is 0 Å². The number of nitrogens with zero attached hydrogens (tertiary/aromatic N) is 3. The molecule has 0 atom stereocenters. The van der Waals surface area contributed by atoms with E-state index in [-0.39, 0.29) is 12.0 Å². The average molecular weight is 295 g/mol. The van der Waals surface area contributed by atoms with Crippen LogP contribution in [-0.2, 0) is 4.74 Å². The summed E-state index contributed by atoms with van der Waals surface area (Å²) < 4.78 is 15.6. The molecule has 7 nitrogen and oxygen atoms in total. The van der Waals surface area contributed by atoms with Crippen molar-refractivity contribution in [1.82, 2.24) is 15.1 Å². The number of hydrogen-bond donors (Lipinski definition) is 0. The smallest absolute Gasteiger partial charge is 0.410 e. The summed E-state index contributed by atoms with van der Waals surface area (Å²) in [4.78, 5) is 13.6. The molecule has 0 saturated carbocycles. The lowest BCUT2D eigenvalue weighted by molar-refractivity contribution is 0.00793. The molecule has 0 aliphatic carbocycles. The molecule has 0 unspecified atom stereocenters. The second-order valence-corrected chi connectivity index (χ2v) is 5.93. The molecule has 0 N–H and O–H groups in total. The third-order valence-corrected chi connectivity index (χ3v) is 3.14. The van der Waals surface area contributed by atoms with E-state index in [4.69, 9.17) is 14.2 Å². The van der Waals surface area contributed by atoms with Crippen LogP contribution in [0.2, 0.25) is 0 Å². The summed E-state index contributed by atoms with van der Waals surface area (Å²) in [6.07, 6.45) is -0.299. The van der Waals surface area contributed by atoms with Gasteiger partial charge in [-0.25, -0.2) is 4.79 Å². The molecule has 1 aromatic heterocycles. The highest BCUT2D eigenvalue weighted by atomic mass is 16.6. The normalized spacial score (nSPS) is 15.4. The average Bonchev–Trinajstić information content (AvgIpc) is 2.34. The van der Waals surface area contributed by atoms with Gasteiger partial charge in [0.05, 0.1) is 14.2 Å². The van der Waals surface area contributed by atoms with E-state index in [1.54, 1.807) is 18.1 Å². The summed E-state index contributed by atoms with van der Waals surface area (Å²) in [7, 11) is 3.08. The van der Waals surface area contributed by atoms with Crippen molar-refractivity contribution in [2.45, 2.75) is 32.3 Å². The van der Waals surface area contributed by atoms with Crippen molar-refractivity contribution in [3.63, 3.8) is 0 Å². The highest BCUT2D eigenvalue weighted by Gasteiger charge is 2.36. The van der Waals surface area contributed by atoms with Crippen LogP contribution in [0.4, 0.5) is 4.79 Å². The molecule has 0 aromatic carbocycles. The number of ether oxygens (including phenoxy) is 3. The van der Waals surface area contributed by atoms with Gasteiger partial charge in [0.1, 0.15) is 5.60 Å². The van der Waals surface area contributed by atoms with E-state index in [2.05, 4.69) is 10.2 Å². The Labute approximate surface area is 124 Å². The highest BCUT2D eigenvalue weighted by Crippen LogP contribution is 2.34. The number of carbonyl (C=O) groups excluding carboxylic acids is 1. The highest BCUT2D eigenvalue weighted by molar-refractivity contribution is 5.69. The van der Waals surface area contributed by atoms with Crippen LogP contribution >= 0.6 is 0 Å². The monoisotopic (exact) mass is 295 g/mol. The standard InChI is InChI=1S/C14H21N3O4/c1-14(2,3)21-13(18)17-7-9(8-17)10-6-11(19-4)15-16-12(10)20-5/h6,9H,7-8H2,1-5H3. The fraction of sp³-hybridized carbons (Fsp3) is 0.643. The molecule has 0 spiro atoms. The fourth-order valence-electron chi connectivity index (χ4n) is 2.08. The second-order valence-electron chi connectivity index (χ2n) is 5.93. The molecule has 21 heavy (non-hydrogen) atoms. The van der Waals surface area contributed by atoms with Gasteiger partial charge in [-0.2, -0.15) is 0 Å². The lowest BCUT2D eigenvalue weighted by Crippen LogP contribution is -2.50. The minimum atomic E-state index is -0.485.